The highest BCUT2D eigenvalue weighted by molar-refractivity contribution is 5.98. The van der Waals surface area contributed by atoms with Crippen LogP contribution in [0.4, 0.5) is 10.5 Å². The lowest BCUT2D eigenvalue weighted by Crippen LogP contribution is -2.40. The molecule has 0 atom stereocenters. The summed E-state index contributed by atoms with van der Waals surface area (Å²) in [7, 11) is 0. The van der Waals surface area contributed by atoms with Gasteiger partial charge in [0.2, 0.25) is 5.89 Å². The van der Waals surface area contributed by atoms with E-state index >= 15 is 0 Å². The van der Waals surface area contributed by atoms with Crippen molar-refractivity contribution < 1.29 is 9.21 Å². The van der Waals surface area contributed by atoms with E-state index in [1.807, 2.05) is 54.6 Å². The lowest BCUT2D eigenvalue weighted by atomic mass is 9.79. The number of aromatic nitrogens is 1. The molecule has 1 fully saturated rings. The van der Waals surface area contributed by atoms with Crippen LogP contribution in [0.1, 0.15) is 31.2 Å². The Bertz CT molecular complexity index is 1180. The molecule has 5 rings (SSSR count). The number of amides is 2. The van der Waals surface area contributed by atoms with Crippen molar-refractivity contribution in [3.63, 3.8) is 0 Å². The van der Waals surface area contributed by atoms with E-state index in [9.17, 15) is 4.79 Å². The molecule has 2 N–H and O–H groups in total. The molecule has 156 valence electrons. The Morgan fingerprint density at radius 1 is 0.903 bits per heavy atom. The second-order valence-corrected chi connectivity index (χ2v) is 8.20. The van der Waals surface area contributed by atoms with E-state index in [0.29, 0.717) is 29.2 Å². The molecule has 31 heavy (non-hydrogen) atoms. The molecular weight excluding hydrogens is 386 g/mol. The van der Waals surface area contributed by atoms with Crippen LogP contribution in [0.25, 0.3) is 22.6 Å². The third-order valence-electron chi connectivity index (χ3n) is 6.22. The molecule has 2 amide bonds. The quantitative estimate of drug-likeness (QED) is 0.415. The van der Waals surface area contributed by atoms with Gasteiger partial charge in [-0.2, -0.15) is 0 Å². The Morgan fingerprint density at radius 2 is 1.61 bits per heavy atom. The van der Waals surface area contributed by atoms with Crippen molar-refractivity contribution in [2.75, 3.05) is 11.9 Å². The number of fused-ring (bicyclic) bond motifs is 1. The zero-order valence-electron chi connectivity index (χ0n) is 17.3. The molecular formula is C26H25N3O2. The summed E-state index contributed by atoms with van der Waals surface area (Å²) >= 11 is 0. The van der Waals surface area contributed by atoms with Gasteiger partial charge in [0.1, 0.15) is 5.52 Å². The number of benzene rings is 3. The number of nitrogens with one attached hydrogen (secondary N) is 2. The van der Waals surface area contributed by atoms with E-state index in [4.69, 9.17) is 4.42 Å². The second kappa shape index (κ2) is 8.26. The summed E-state index contributed by atoms with van der Waals surface area (Å²) in [6.45, 7) is 0.616. The summed E-state index contributed by atoms with van der Waals surface area (Å²) in [4.78, 5) is 17.4. The summed E-state index contributed by atoms with van der Waals surface area (Å²) < 4.78 is 6.00. The maximum atomic E-state index is 12.8. The maximum absolute atomic E-state index is 12.8. The van der Waals surface area contributed by atoms with Gasteiger partial charge in [-0.3, -0.25) is 0 Å². The van der Waals surface area contributed by atoms with Crippen LogP contribution >= 0.6 is 0 Å². The third-order valence-corrected chi connectivity index (χ3v) is 6.22. The smallest absolute Gasteiger partial charge is 0.319 e. The molecule has 1 saturated carbocycles. The highest BCUT2D eigenvalue weighted by Gasteiger charge is 2.35. The second-order valence-electron chi connectivity index (χ2n) is 8.20. The predicted octanol–water partition coefficient (Wildman–Crippen LogP) is 6.13. The Kier molecular flexibility index (Phi) is 5.16. The van der Waals surface area contributed by atoms with Crippen molar-refractivity contribution in [1.82, 2.24) is 10.3 Å². The molecule has 1 heterocycles. The van der Waals surface area contributed by atoms with Gasteiger partial charge in [0.15, 0.2) is 5.58 Å². The Morgan fingerprint density at radius 3 is 2.35 bits per heavy atom. The molecule has 4 aromatic rings. The van der Waals surface area contributed by atoms with E-state index in [1.54, 1.807) is 0 Å². The van der Waals surface area contributed by atoms with Crippen LogP contribution in [0.2, 0.25) is 0 Å². The highest BCUT2D eigenvalue weighted by Crippen LogP contribution is 2.40. The number of urea groups is 1. The van der Waals surface area contributed by atoms with Gasteiger partial charge >= 0.3 is 6.03 Å². The number of hydrogen-bond donors (Lipinski definition) is 2. The Hall–Kier alpha value is -3.60. The van der Waals surface area contributed by atoms with Crippen LogP contribution in [0.3, 0.4) is 0 Å². The van der Waals surface area contributed by atoms with Crippen LogP contribution in [0, 0.1) is 0 Å². The number of nitrogens with zero attached hydrogens (tertiary/aromatic N) is 1. The summed E-state index contributed by atoms with van der Waals surface area (Å²) in [5.74, 6) is 0.541. The molecule has 1 aliphatic carbocycles. The number of carbonyl (C=O) groups excluding carboxylic acids is 1. The molecule has 0 unspecified atom stereocenters. The average molecular weight is 412 g/mol. The first-order chi connectivity index (χ1) is 15.2. The number of oxazole rings is 1. The predicted molar refractivity (Wildman–Crippen MR) is 123 cm³/mol. The van der Waals surface area contributed by atoms with E-state index < -0.39 is 0 Å². The SMILES string of the molecule is O=C(NCC1(c2ccccc2)CCCC1)Nc1cccc2nc(-c3ccccc3)oc12. The number of para-hydroxylation sites is 1. The van der Waals surface area contributed by atoms with Gasteiger partial charge in [-0.15, -0.1) is 0 Å². The largest absolute Gasteiger partial charge is 0.434 e. The van der Waals surface area contributed by atoms with Crippen molar-refractivity contribution in [3.8, 4) is 11.5 Å². The van der Waals surface area contributed by atoms with Gasteiger partial charge in [-0.1, -0.05) is 67.4 Å². The molecule has 0 aliphatic heterocycles. The Labute approximate surface area is 181 Å². The lowest BCUT2D eigenvalue weighted by molar-refractivity contribution is 0.248. The van der Waals surface area contributed by atoms with Crippen LogP contribution in [0.15, 0.2) is 83.3 Å². The van der Waals surface area contributed by atoms with Crippen LogP contribution in [-0.4, -0.2) is 17.6 Å². The molecule has 1 aromatic heterocycles. The number of carbonyl (C=O) groups is 1. The molecule has 5 heteroatoms. The molecule has 0 spiro atoms. The van der Waals surface area contributed by atoms with Gasteiger partial charge in [-0.25, -0.2) is 9.78 Å². The molecule has 0 saturated heterocycles. The van der Waals surface area contributed by atoms with Crippen molar-refractivity contribution in [1.29, 1.82) is 0 Å². The Balaban J connectivity index is 1.33. The first-order valence-corrected chi connectivity index (χ1v) is 10.8. The van der Waals surface area contributed by atoms with Crippen molar-refractivity contribution in [2.45, 2.75) is 31.1 Å². The molecule has 0 bridgehead atoms. The zero-order chi connectivity index (χ0) is 21.1. The number of anilines is 1. The van der Waals surface area contributed by atoms with Gasteiger partial charge in [-0.05, 0) is 42.7 Å². The fourth-order valence-corrected chi connectivity index (χ4v) is 4.58. The van der Waals surface area contributed by atoms with E-state index in [2.05, 4.69) is 39.9 Å². The van der Waals surface area contributed by atoms with Gasteiger partial charge in [0.05, 0.1) is 5.69 Å². The molecule has 1 aliphatic rings. The van der Waals surface area contributed by atoms with Gasteiger partial charge < -0.3 is 15.1 Å². The normalized spacial score (nSPS) is 15.1. The first kappa shape index (κ1) is 19.4. The van der Waals surface area contributed by atoms with Crippen molar-refractivity contribution in [3.05, 3.63) is 84.4 Å². The van der Waals surface area contributed by atoms with E-state index in [-0.39, 0.29) is 11.4 Å². The minimum Gasteiger partial charge on any atom is -0.434 e. The lowest BCUT2D eigenvalue weighted by Gasteiger charge is -2.30. The zero-order valence-corrected chi connectivity index (χ0v) is 17.3. The number of rotatable bonds is 5. The summed E-state index contributed by atoms with van der Waals surface area (Å²) in [5.41, 5.74) is 4.13. The van der Waals surface area contributed by atoms with Crippen LogP contribution < -0.4 is 10.6 Å². The van der Waals surface area contributed by atoms with Gasteiger partial charge in [0.25, 0.3) is 0 Å². The molecule has 0 radical (unpaired) electrons. The van der Waals surface area contributed by atoms with Crippen LogP contribution in [-0.2, 0) is 5.41 Å². The monoisotopic (exact) mass is 411 g/mol. The summed E-state index contributed by atoms with van der Waals surface area (Å²) in [6, 6.07) is 25.6. The fraction of sp³-hybridized carbons (Fsp3) is 0.231. The average Bonchev–Trinajstić information content (AvgIpc) is 3.48. The van der Waals surface area contributed by atoms with E-state index in [1.165, 1.54) is 18.4 Å². The minimum absolute atomic E-state index is 0.0112. The van der Waals surface area contributed by atoms with Crippen LogP contribution in [0.5, 0.6) is 0 Å². The highest BCUT2D eigenvalue weighted by atomic mass is 16.3. The number of hydrogen-bond acceptors (Lipinski definition) is 3. The standard InChI is InChI=1S/C26H25N3O2/c30-25(27-18-26(16-7-8-17-26)20-12-5-2-6-13-20)29-22-15-9-14-21-23(22)31-24(28-21)19-10-3-1-4-11-19/h1-6,9-15H,7-8,16-18H2,(H2,27,29,30). The molecule has 5 nitrogen and oxygen atoms in total. The van der Waals surface area contributed by atoms with Gasteiger partial charge in [0, 0.05) is 17.5 Å². The minimum atomic E-state index is -0.229. The fourth-order valence-electron chi connectivity index (χ4n) is 4.58. The van der Waals surface area contributed by atoms with Crippen molar-refractivity contribution in [2.24, 2.45) is 0 Å². The van der Waals surface area contributed by atoms with Crippen molar-refractivity contribution >= 4 is 22.8 Å². The molecule has 3 aromatic carbocycles. The summed E-state index contributed by atoms with van der Waals surface area (Å²) in [6.07, 6.45) is 4.57. The van der Waals surface area contributed by atoms with E-state index in [0.717, 1.165) is 18.4 Å². The maximum Gasteiger partial charge on any atom is 0.319 e. The first-order valence-electron chi connectivity index (χ1n) is 10.8. The topological polar surface area (TPSA) is 67.2 Å². The summed E-state index contributed by atoms with van der Waals surface area (Å²) in [5, 5.41) is 6.06. The third kappa shape index (κ3) is 3.91.